The Kier molecular flexibility index (Phi) is 5.31. The predicted molar refractivity (Wildman–Crippen MR) is 85.4 cm³/mol. The predicted octanol–water partition coefficient (Wildman–Crippen LogP) is 2.97. The molecule has 0 saturated heterocycles. The Labute approximate surface area is 127 Å². The van der Waals surface area contributed by atoms with Gasteiger partial charge in [-0.3, -0.25) is 4.79 Å². The van der Waals surface area contributed by atoms with Crippen molar-refractivity contribution >= 4 is 40.3 Å². The average molecular weight is 312 g/mol. The molecule has 0 fully saturated rings. The lowest BCUT2D eigenvalue weighted by Crippen LogP contribution is -2.29. The van der Waals surface area contributed by atoms with Crippen LogP contribution in [0, 0.1) is 0 Å². The molecule has 0 spiro atoms. The fraction of sp³-hybridized carbons (Fsp3) is 0.429. The maximum atomic E-state index is 11.8. The van der Waals surface area contributed by atoms with Gasteiger partial charge in [-0.2, -0.15) is 11.8 Å². The monoisotopic (exact) mass is 311 g/mol. The van der Waals surface area contributed by atoms with Crippen LogP contribution in [0.25, 0.3) is 11.0 Å². The van der Waals surface area contributed by atoms with Gasteiger partial charge in [0.1, 0.15) is 5.82 Å². The molecule has 1 heterocycles. The van der Waals surface area contributed by atoms with Gasteiger partial charge in [-0.25, -0.2) is 4.98 Å². The Hall–Kier alpha value is -1.20. The SMILES string of the molecule is CSCCC(=O)N(C)CCc1nc2ccc(Cl)cc2[nH]1. The summed E-state index contributed by atoms with van der Waals surface area (Å²) in [7, 11) is 1.84. The number of halogens is 1. The summed E-state index contributed by atoms with van der Waals surface area (Å²) in [5.74, 6) is 1.93. The first-order valence-electron chi connectivity index (χ1n) is 6.47. The smallest absolute Gasteiger partial charge is 0.223 e. The zero-order chi connectivity index (χ0) is 14.5. The average Bonchev–Trinajstić information content (AvgIpc) is 2.83. The van der Waals surface area contributed by atoms with Crippen LogP contribution < -0.4 is 0 Å². The fourth-order valence-corrected chi connectivity index (χ4v) is 2.48. The van der Waals surface area contributed by atoms with E-state index in [4.69, 9.17) is 11.6 Å². The van der Waals surface area contributed by atoms with Crippen molar-refractivity contribution < 1.29 is 4.79 Å². The van der Waals surface area contributed by atoms with Gasteiger partial charge in [0.15, 0.2) is 0 Å². The first-order valence-corrected chi connectivity index (χ1v) is 8.24. The van der Waals surface area contributed by atoms with Gasteiger partial charge in [0, 0.05) is 37.2 Å². The highest BCUT2D eigenvalue weighted by Gasteiger charge is 2.09. The number of aromatic amines is 1. The lowest BCUT2D eigenvalue weighted by Gasteiger charge is -2.15. The van der Waals surface area contributed by atoms with Gasteiger partial charge in [-0.15, -0.1) is 0 Å². The number of amides is 1. The highest BCUT2D eigenvalue weighted by molar-refractivity contribution is 7.98. The summed E-state index contributed by atoms with van der Waals surface area (Å²) in [6, 6.07) is 5.58. The molecule has 0 saturated carbocycles. The minimum Gasteiger partial charge on any atom is -0.345 e. The van der Waals surface area contributed by atoms with Crippen molar-refractivity contribution in [3.63, 3.8) is 0 Å². The summed E-state index contributed by atoms with van der Waals surface area (Å²) in [5.41, 5.74) is 1.84. The van der Waals surface area contributed by atoms with Gasteiger partial charge >= 0.3 is 0 Å². The lowest BCUT2D eigenvalue weighted by atomic mass is 10.3. The zero-order valence-corrected chi connectivity index (χ0v) is 13.2. The number of carbonyl (C=O) groups is 1. The van der Waals surface area contributed by atoms with E-state index in [0.717, 1.165) is 22.6 Å². The van der Waals surface area contributed by atoms with E-state index in [0.29, 0.717) is 24.4 Å². The van der Waals surface area contributed by atoms with Crippen LogP contribution in [-0.2, 0) is 11.2 Å². The zero-order valence-electron chi connectivity index (χ0n) is 11.6. The molecule has 108 valence electrons. The Morgan fingerprint density at radius 2 is 2.30 bits per heavy atom. The number of H-pyrrole nitrogens is 1. The summed E-state index contributed by atoms with van der Waals surface area (Å²) < 4.78 is 0. The van der Waals surface area contributed by atoms with Gasteiger partial charge in [-0.1, -0.05) is 11.6 Å². The summed E-state index contributed by atoms with van der Waals surface area (Å²) >= 11 is 7.63. The van der Waals surface area contributed by atoms with Crippen LogP contribution in [0.3, 0.4) is 0 Å². The summed E-state index contributed by atoms with van der Waals surface area (Å²) in [5, 5.41) is 0.692. The second-order valence-corrected chi connectivity index (χ2v) is 6.08. The standard InChI is InChI=1S/C14H18ClN3OS/c1-18(14(19)6-8-20-2)7-5-13-16-11-4-3-10(15)9-12(11)17-13/h3-4,9H,5-8H2,1-2H3,(H,16,17). The largest absolute Gasteiger partial charge is 0.345 e. The Bertz CT molecular complexity index is 599. The van der Waals surface area contributed by atoms with Crippen molar-refractivity contribution in [3.05, 3.63) is 29.0 Å². The van der Waals surface area contributed by atoms with Gasteiger partial charge in [0.25, 0.3) is 0 Å². The van der Waals surface area contributed by atoms with E-state index in [1.165, 1.54) is 0 Å². The van der Waals surface area contributed by atoms with Crippen LogP contribution in [0.2, 0.25) is 5.02 Å². The molecule has 1 N–H and O–H groups in total. The number of carbonyl (C=O) groups excluding carboxylic acids is 1. The van der Waals surface area contributed by atoms with Gasteiger partial charge in [0.05, 0.1) is 11.0 Å². The molecule has 0 aliphatic heterocycles. The molecule has 1 amide bonds. The molecule has 0 aliphatic rings. The number of imidazole rings is 1. The van der Waals surface area contributed by atoms with E-state index in [1.807, 2.05) is 31.5 Å². The third-order valence-corrected chi connectivity index (χ3v) is 3.97. The highest BCUT2D eigenvalue weighted by atomic mass is 35.5. The van der Waals surface area contributed by atoms with Gasteiger partial charge in [0.2, 0.25) is 5.91 Å². The number of fused-ring (bicyclic) bond motifs is 1. The number of benzene rings is 1. The molecule has 4 nitrogen and oxygen atoms in total. The van der Waals surface area contributed by atoms with E-state index in [-0.39, 0.29) is 5.91 Å². The maximum absolute atomic E-state index is 11.8. The molecule has 1 aromatic heterocycles. The molecule has 2 aromatic rings. The van der Waals surface area contributed by atoms with Crippen molar-refractivity contribution in [2.45, 2.75) is 12.8 Å². The molecule has 2 rings (SSSR count). The van der Waals surface area contributed by atoms with E-state index in [9.17, 15) is 4.79 Å². The quantitative estimate of drug-likeness (QED) is 0.892. The molecule has 0 atom stereocenters. The number of aromatic nitrogens is 2. The summed E-state index contributed by atoms with van der Waals surface area (Å²) in [6.07, 6.45) is 3.31. The Morgan fingerprint density at radius 3 is 3.05 bits per heavy atom. The van der Waals surface area contributed by atoms with Gasteiger partial charge < -0.3 is 9.88 Å². The van der Waals surface area contributed by atoms with Crippen LogP contribution in [0.5, 0.6) is 0 Å². The Balaban J connectivity index is 1.93. The van der Waals surface area contributed by atoms with Crippen molar-refractivity contribution in [3.8, 4) is 0 Å². The molecule has 0 unspecified atom stereocenters. The van der Waals surface area contributed by atoms with Crippen molar-refractivity contribution in [1.82, 2.24) is 14.9 Å². The second kappa shape index (κ2) is 6.99. The summed E-state index contributed by atoms with van der Waals surface area (Å²) in [6.45, 7) is 0.667. The fourth-order valence-electron chi connectivity index (χ4n) is 1.93. The second-order valence-electron chi connectivity index (χ2n) is 4.65. The molecule has 6 heteroatoms. The highest BCUT2D eigenvalue weighted by Crippen LogP contribution is 2.17. The topological polar surface area (TPSA) is 49.0 Å². The number of likely N-dealkylation sites (N-methyl/N-ethyl adjacent to an activating group) is 1. The summed E-state index contributed by atoms with van der Waals surface area (Å²) in [4.78, 5) is 21.3. The van der Waals surface area contributed by atoms with Crippen molar-refractivity contribution in [2.24, 2.45) is 0 Å². The number of nitrogens with zero attached hydrogens (tertiary/aromatic N) is 2. The molecular formula is C14H18ClN3OS. The maximum Gasteiger partial charge on any atom is 0.223 e. The number of nitrogens with one attached hydrogen (secondary N) is 1. The molecule has 0 aliphatic carbocycles. The number of hydrogen-bond donors (Lipinski definition) is 1. The Morgan fingerprint density at radius 1 is 1.50 bits per heavy atom. The molecule has 0 bridgehead atoms. The third kappa shape index (κ3) is 3.90. The normalized spacial score (nSPS) is 10.9. The number of thioether (sulfide) groups is 1. The number of rotatable bonds is 6. The van der Waals surface area contributed by atoms with Crippen LogP contribution in [0.4, 0.5) is 0 Å². The first-order chi connectivity index (χ1) is 9.60. The van der Waals surface area contributed by atoms with Crippen LogP contribution >= 0.6 is 23.4 Å². The van der Waals surface area contributed by atoms with Crippen LogP contribution in [-0.4, -0.2) is 46.4 Å². The third-order valence-electron chi connectivity index (χ3n) is 3.12. The first kappa shape index (κ1) is 15.2. The van der Waals surface area contributed by atoms with Gasteiger partial charge in [-0.05, 0) is 24.5 Å². The van der Waals surface area contributed by atoms with E-state index < -0.39 is 0 Å². The molecule has 1 aromatic carbocycles. The molecular weight excluding hydrogens is 294 g/mol. The minimum atomic E-state index is 0.179. The van der Waals surface area contributed by atoms with Crippen molar-refractivity contribution in [1.29, 1.82) is 0 Å². The van der Waals surface area contributed by atoms with E-state index in [2.05, 4.69) is 9.97 Å². The van der Waals surface area contributed by atoms with E-state index in [1.54, 1.807) is 16.7 Å². The lowest BCUT2D eigenvalue weighted by molar-refractivity contribution is -0.129. The molecule has 20 heavy (non-hydrogen) atoms. The van der Waals surface area contributed by atoms with Crippen LogP contribution in [0.15, 0.2) is 18.2 Å². The van der Waals surface area contributed by atoms with E-state index >= 15 is 0 Å². The number of hydrogen-bond acceptors (Lipinski definition) is 3. The minimum absolute atomic E-state index is 0.179. The van der Waals surface area contributed by atoms with Crippen LogP contribution in [0.1, 0.15) is 12.2 Å². The van der Waals surface area contributed by atoms with Crippen molar-refractivity contribution in [2.75, 3.05) is 25.6 Å². The molecule has 0 radical (unpaired) electrons.